The number of anilines is 1. The predicted molar refractivity (Wildman–Crippen MR) is 128 cm³/mol. The molecule has 0 bridgehead atoms. The standard InChI is InChI=1S/C24H23N3O5S/c1-32-17-9-7-16(8-10-17)20(21-15-25-22-6-4-3-5-19(21)22)14-26-23-12-11-18(33(2,30)31)13-24(23)27(28)29/h3-13,15,20,25-26H,14H2,1-2H3/t20-/m0/s1. The molecule has 0 aliphatic rings. The number of nitrogens with one attached hydrogen (secondary N) is 2. The number of para-hydroxylation sites is 1. The number of ether oxygens (including phenoxy) is 1. The van der Waals surface area contributed by atoms with Crippen molar-refractivity contribution >= 4 is 32.1 Å². The van der Waals surface area contributed by atoms with Crippen molar-refractivity contribution in [3.63, 3.8) is 0 Å². The van der Waals surface area contributed by atoms with Crippen LogP contribution in [0.15, 0.2) is 77.8 Å². The van der Waals surface area contributed by atoms with Crippen LogP contribution in [0.2, 0.25) is 0 Å². The average Bonchev–Trinajstić information content (AvgIpc) is 3.23. The average molecular weight is 466 g/mol. The number of methoxy groups -OCH3 is 1. The summed E-state index contributed by atoms with van der Waals surface area (Å²) in [4.78, 5) is 14.3. The zero-order valence-electron chi connectivity index (χ0n) is 18.1. The fourth-order valence-corrected chi connectivity index (χ4v) is 4.52. The van der Waals surface area contributed by atoms with Crippen LogP contribution in [0, 0.1) is 10.1 Å². The van der Waals surface area contributed by atoms with Gasteiger partial charge in [0.05, 0.1) is 16.9 Å². The van der Waals surface area contributed by atoms with Crippen molar-refractivity contribution in [2.75, 3.05) is 25.2 Å². The molecule has 0 saturated carbocycles. The van der Waals surface area contributed by atoms with E-state index < -0.39 is 14.8 Å². The SMILES string of the molecule is COc1ccc([C@H](CNc2ccc(S(C)(=O)=O)cc2[N+](=O)[O-])c2c[nH]c3ccccc23)cc1. The summed E-state index contributed by atoms with van der Waals surface area (Å²) in [6.07, 6.45) is 2.97. The second kappa shape index (κ2) is 8.95. The van der Waals surface area contributed by atoms with Gasteiger partial charge < -0.3 is 15.0 Å². The van der Waals surface area contributed by atoms with Gasteiger partial charge in [0.2, 0.25) is 0 Å². The predicted octanol–water partition coefficient (Wildman–Crippen LogP) is 4.73. The Balaban J connectivity index is 1.73. The molecule has 1 atom stereocenters. The lowest BCUT2D eigenvalue weighted by Crippen LogP contribution is -2.15. The maximum absolute atomic E-state index is 11.8. The Kier molecular flexibility index (Phi) is 6.06. The fourth-order valence-electron chi connectivity index (χ4n) is 3.88. The minimum atomic E-state index is -3.56. The normalized spacial score (nSPS) is 12.4. The van der Waals surface area contributed by atoms with Crippen molar-refractivity contribution < 1.29 is 18.1 Å². The van der Waals surface area contributed by atoms with Gasteiger partial charge in [0, 0.05) is 41.9 Å². The molecule has 8 nitrogen and oxygen atoms in total. The van der Waals surface area contributed by atoms with Crippen molar-refractivity contribution in [2.45, 2.75) is 10.8 Å². The highest BCUT2D eigenvalue weighted by molar-refractivity contribution is 7.90. The summed E-state index contributed by atoms with van der Waals surface area (Å²) in [5.41, 5.74) is 3.01. The summed E-state index contributed by atoms with van der Waals surface area (Å²) in [6.45, 7) is 0.354. The molecule has 1 heterocycles. The van der Waals surface area contributed by atoms with Crippen molar-refractivity contribution in [3.05, 3.63) is 94.2 Å². The van der Waals surface area contributed by atoms with Gasteiger partial charge in [0.25, 0.3) is 5.69 Å². The summed E-state index contributed by atoms with van der Waals surface area (Å²) >= 11 is 0. The number of hydrogen-bond donors (Lipinski definition) is 2. The van der Waals surface area contributed by atoms with Crippen molar-refractivity contribution in [1.29, 1.82) is 0 Å². The molecule has 170 valence electrons. The van der Waals surface area contributed by atoms with E-state index in [-0.39, 0.29) is 22.2 Å². The topological polar surface area (TPSA) is 114 Å². The number of aromatic amines is 1. The summed E-state index contributed by atoms with van der Waals surface area (Å²) in [5, 5.41) is 15.9. The second-order valence-corrected chi connectivity index (χ2v) is 9.72. The molecule has 9 heteroatoms. The largest absolute Gasteiger partial charge is 0.497 e. The van der Waals surface area contributed by atoms with Gasteiger partial charge in [0.15, 0.2) is 9.84 Å². The summed E-state index contributed by atoms with van der Waals surface area (Å²) in [5.74, 6) is 0.595. The minimum Gasteiger partial charge on any atom is -0.497 e. The maximum Gasteiger partial charge on any atom is 0.293 e. The zero-order valence-corrected chi connectivity index (χ0v) is 18.9. The fraction of sp³-hybridized carbons (Fsp3) is 0.167. The zero-order chi connectivity index (χ0) is 23.6. The van der Waals surface area contributed by atoms with Crippen LogP contribution < -0.4 is 10.1 Å². The molecule has 1 aromatic heterocycles. The van der Waals surface area contributed by atoms with Crippen LogP contribution in [-0.4, -0.2) is 38.2 Å². The van der Waals surface area contributed by atoms with Gasteiger partial charge in [-0.2, -0.15) is 0 Å². The van der Waals surface area contributed by atoms with Crippen LogP contribution >= 0.6 is 0 Å². The van der Waals surface area contributed by atoms with Gasteiger partial charge in [-0.05, 0) is 41.5 Å². The Morgan fingerprint density at radius 3 is 2.48 bits per heavy atom. The third-order valence-corrected chi connectivity index (χ3v) is 6.72. The molecule has 33 heavy (non-hydrogen) atoms. The van der Waals surface area contributed by atoms with Crippen LogP contribution in [0.4, 0.5) is 11.4 Å². The minimum absolute atomic E-state index is 0.0944. The van der Waals surface area contributed by atoms with Crippen molar-refractivity contribution in [1.82, 2.24) is 4.98 Å². The van der Waals surface area contributed by atoms with Crippen molar-refractivity contribution in [2.24, 2.45) is 0 Å². The van der Waals surface area contributed by atoms with E-state index in [1.807, 2.05) is 54.7 Å². The van der Waals surface area contributed by atoms with E-state index in [1.165, 1.54) is 12.1 Å². The highest BCUT2D eigenvalue weighted by atomic mass is 32.2. The molecule has 4 rings (SSSR count). The molecular weight excluding hydrogens is 442 g/mol. The first-order valence-corrected chi connectivity index (χ1v) is 12.1. The van der Waals surface area contributed by atoms with E-state index in [0.717, 1.165) is 40.1 Å². The second-order valence-electron chi connectivity index (χ2n) is 7.70. The first-order chi connectivity index (χ1) is 15.8. The summed E-state index contributed by atoms with van der Waals surface area (Å²) in [7, 11) is -1.96. The third kappa shape index (κ3) is 4.68. The lowest BCUT2D eigenvalue weighted by Gasteiger charge is -2.19. The number of nitrogens with zero attached hydrogens (tertiary/aromatic N) is 1. The number of hydrogen-bond acceptors (Lipinski definition) is 6. The maximum atomic E-state index is 11.8. The molecular formula is C24H23N3O5S. The molecule has 0 fully saturated rings. The Bertz CT molecular complexity index is 1410. The molecule has 0 saturated heterocycles. The van der Waals surface area contributed by atoms with Crippen LogP contribution in [0.1, 0.15) is 17.0 Å². The van der Waals surface area contributed by atoms with E-state index >= 15 is 0 Å². The Hall–Kier alpha value is -3.85. The van der Waals surface area contributed by atoms with E-state index in [2.05, 4.69) is 10.3 Å². The molecule has 0 amide bonds. The molecule has 2 N–H and O–H groups in total. The van der Waals surface area contributed by atoms with Gasteiger partial charge >= 0.3 is 0 Å². The lowest BCUT2D eigenvalue weighted by molar-refractivity contribution is -0.384. The number of aromatic nitrogens is 1. The molecule has 4 aromatic rings. The lowest BCUT2D eigenvalue weighted by atomic mass is 9.90. The Morgan fingerprint density at radius 2 is 1.82 bits per heavy atom. The quantitative estimate of drug-likeness (QED) is 0.287. The molecule has 0 spiro atoms. The smallest absolute Gasteiger partial charge is 0.293 e. The number of benzene rings is 3. The van der Waals surface area contributed by atoms with Gasteiger partial charge in [-0.1, -0.05) is 30.3 Å². The number of nitro groups is 1. The monoisotopic (exact) mass is 465 g/mol. The van der Waals surface area contributed by atoms with E-state index in [0.29, 0.717) is 6.54 Å². The third-order valence-electron chi connectivity index (χ3n) is 5.61. The summed E-state index contributed by atoms with van der Waals surface area (Å²) in [6, 6.07) is 19.5. The highest BCUT2D eigenvalue weighted by Gasteiger charge is 2.22. The van der Waals surface area contributed by atoms with Crippen LogP contribution in [-0.2, 0) is 9.84 Å². The van der Waals surface area contributed by atoms with Crippen LogP contribution in [0.3, 0.4) is 0 Å². The van der Waals surface area contributed by atoms with E-state index in [4.69, 9.17) is 4.74 Å². The highest BCUT2D eigenvalue weighted by Crippen LogP contribution is 2.34. The summed E-state index contributed by atoms with van der Waals surface area (Å²) < 4.78 is 29.0. The number of sulfone groups is 1. The van der Waals surface area contributed by atoms with Crippen molar-refractivity contribution in [3.8, 4) is 5.75 Å². The molecule has 0 aliphatic carbocycles. The van der Waals surface area contributed by atoms with E-state index in [1.54, 1.807) is 7.11 Å². The van der Waals surface area contributed by atoms with E-state index in [9.17, 15) is 18.5 Å². The molecule has 0 unspecified atom stereocenters. The molecule has 0 radical (unpaired) electrons. The number of fused-ring (bicyclic) bond motifs is 1. The first-order valence-electron chi connectivity index (χ1n) is 10.2. The Morgan fingerprint density at radius 1 is 1.09 bits per heavy atom. The Labute approximate surface area is 191 Å². The number of rotatable bonds is 8. The van der Waals surface area contributed by atoms with Gasteiger partial charge in [-0.25, -0.2) is 8.42 Å². The van der Waals surface area contributed by atoms with Crippen LogP contribution in [0.25, 0.3) is 10.9 Å². The molecule has 3 aromatic carbocycles. The first kappa shape index (κ1) is 22.3. The van der Waals surface area contributed by atoms with Gasteiger partial charge in [-0.3, -0.25) is 10.1 Å². The van der Waals surface area contributed by atoms with Crippen LogP contribution in [0.5, 0.6) is 5.75 Å². The number of nitro benzene ring substituents is 1. The molecule has 0 aliphatic heterocycles. The van der Waals surface area contributed by atoms with Gasteiger partial charge in [0.1, 0.15) is 11.4 Å². The van der Waals surface area contributed by atoms with Gasteiger partial charge in [-0.15, -0.1) is 0 Å². The number of H-pyrrole nitrogens is 1.